The Kier molecular flexibility index (Phi) is 5.31. The molecule has 20 heavy (non-hydrogen) atoms. The van der Waals surface area contributed by atoms with Crippen molar-refractivity contribution in [2.75, 3.05) is 19.4 Å². The maximum atomic E-state index is 12.9. The number of likely N-dealkylation sites (N-methyl/N-ethyl adjacent to an activating group) is 1. The van der Waals surface area contributed by atoms with Crippen LogP contribution >= 0.6 is 12.2 Å². The Morgan fingerprint density at radius 1 is 1.20 bits per heavy atom. The van der Waals surface area contributed by atoms with Crippen molar-refractivity contribution in [2.24, 2.45) is 0 Å². The molecule has 0 saturated heterocycles. The van der Waals surface area contributed by atoms with E-state index in [9.17, 15) is 4.39 Å². The quantitative estimate of drug-likeness (QED) is 0.838. The van der Waals surface area contributed by atoms with Crippen LogP contribution in [0.3, 0.4) is 0 Å². The molecule has 1 aliphatic carbocycles. The van der Waals surface area contributed by atoms with Gasteiger partial charge in [-0.3, -0.25) is 0 Å². The van der Waals surface area contributed by atoms with Crippen LogP contribution in [0.2, 0.25) is 0 Å². The maximum Gasteiger partial charge on any atom is 0.171 e. The van der Waals surface area contributed by atoms with Crippen LogP contribution < -0.4 is 10.6 Å². The van der Waals surface area contributed by atoms with Crippen LogP contribution in [0.15, 0.2) is 24.3 Å². The Balaban J connectivity index is 1.91. The highest BCUT2D eigenvalue weighted by molar-refractivity contribution is 7.80. The second-order valence-electron chi connectivity index (χ2n) is 5.53. The average Bonchev–Trinajstić information content (AvgIpc) is 2.41. The summed E-state index contributed by atoms with van der Waals surface area (Å²) in [7, 11) is 4.22. The first-order valence-corrected chi connectivity index (χ1v) is 7.46. The van der Waals surface area contributed by atoms with E-state index in [0.29, 0.717) is 17.2 Å². The smallest absolute Gasteiger partial charge is 0.171 e. The fraction of sp³-hybridized carbons (Fsp3) is 0.533. The Morgan fingerprint density at radius 3 is 2.50 bits per heavy atom. The molecule has 3 nitrogen and oxygen atoms in total. The third kappa shape index (κ3) is 4.15. The van der Waals surface area contributed by atoms with Crippen LogP contribution in [-0.4, -0.2) is 36.2 Å². The lowest BCUT2D eigenvalue weighted by Crippen LogP contribution is -2.52. The van der Waals surface area contributed by atoms with Gasteiger partial charge < -0.3 is 15.5 Å². The van der Waals surface area contributed by atoms with E-state index in [1.807, 2.05) is 0 Å². The summed E-state index contributed by atoms with van der Waals surface area (Å²) < 4.78 is 12.9. The van der Waals surface area contributed by atoms with Gasteiger partial charge in [-0.2, -0.15) is 0 Å². The molecule has 1 saturated carbocycles. The molecule has 2 atom stereocenters. The van der Waals surface area contributed by atoms with Crippen molar-refractivity contribution >= 4 is 23.0 Å². The SMILES string of the molecule is CN(C)[C@H]1CCCC[C@@H]1NC(=S)Nc1ccc(F)cc1. The Morgan fingerprint density at radius 2 is 1.85 bits per heavy atom. The molecule has 0 aliphatic heterocycles. The van der Waals surface area contributed by atoms with Gasteiger partial charge in [-0.15, -0.1) is 0 Å². The van der Waals surface area contributed by atoms with E-state index in [4.69, 9.17) is 12.2 Å². The van der Waals surface area contributed by atoms with Gasteiger partial charge in [-0.05, 0) is 63.4 Å². The molecule has 0 spiro atoms. The fourth-order valence-corrected chi connectivity index (χ4v) is 3.04. The summed E-state index contributed by atoms with van der Waals surface area (Å²) in [6.07, 6.45) is 4.85. The lowest BCUT2D eigenvalue weighted by Gasteiger charge is -2.37. The molecule has 0 bridgehead atoms. The number of hydrogen-bond donors (Lipinski definition) is 2. The van der Waals surface area contributed by atoms with Gasteiger partial charge in [-0.1, -0.05) is 12.8 Å². The minimum Gasteiger partial charge on any atom is -0.358 e. The molecule has 5 heteroatoms. The average molecular weight is 295 g/mol. The molecule has 0 amide bonds. The summed E-state index contributed by atoms with van der Waals surface area (Å²) in [5.74, 6) is -0.241. The van der Waals surface area contributed by atoms with Gasteiger partial charge in [0.15, 0.2) is 5.11 Å². The molecule has 1 aliphatic rings. The number of thiocarbonyl (C=S) groups is 1. The fourth-order valence-electron chi connectivity index (χ4n) is 2.77. The molecule has 0 unspecified atom stereocenters. The highest BCUT2D eigenvalue weighted by Gasteiger charge is 2.26. The van der Waals surface area contributed by atoms with Gasteiger partial charge in [-0.25, -0.2) is 4.39 Å². The zero-order chi connectivity index (χ0) is 14.5. The summed E-state index contributed by atoms with van der Waals surface area (Å²) in [6.45, 7) is 0. The molecule has 2 N–H and O–H groups in total. The number of benzene rings is 1. The zero-order valence-electron chi connectivity index (χ0n) is 12.0. The predicted octanol–water partition coefficient (Wildman–Crippen LogP) is 2.98. The van der Waals surface area contributed by atoms with Crippen molar-refractivity contribution in [3.05, 3.63) is 30.1 Å². The van der Waals surface area contributed by atoms with Gasteiger partial charge in [0.1, 0.15) is 5.82 Å². The standard InChI is InChI=1S/C15H22FN3S/c1-19(2)14-6-4-3-5-13(14)18-15(20)17-12-9-7-11(16)8-10-12/h7-10,13-14H,3-6H2,1-2H3,(H2,17,18,20)/t13-,14-/m0/s1. The van der Waals surface area contributed by atoms with E-state index in [1.165, 1.54) is 31.4 Å². The molecule has 0 aromatic heterocycles. The van der Waals surface area contributed by atoms with Gasteiger partial charge in [0.2, 0.25) is 0 Å². The first kappa shape index (κ1) is 15.2. The van der Waals surface area contributed by atoms with Gasteiger partial charge >= 0.3 is 0 Å². The monoisotopic (exact) mass is 295 g/mol. The molecular formula is C15H22FN3S. The van der Waals surface area contributed by atoms with E-state index in [1.54, 1.807) is 12.1 Å². The van der Waals surface area contributed by atoms with Crippen LogP contribution in [0.4, 0.5) is 10.1 Å². The van der Waals surface area contributed by atoms with Crippen molar-refractivity contribution in [2.45, 2.75) is 37.8 Å². The van der Waals surface area contributed by atoms with E-state index in [2.05, 4.69) is 29.6 Å². The van der Waals surface area contributed by atoms with Crippen molar-refractivity contribution in [1.82, 2.24) is 10.2 Å². The predicted molar refractivity (Wildman–Crippen MR) is 85.5 cm³/mol. The van der Waals surface area contributed by atoms with E-state index in [-0.39, 0.29) is 5.82 Å². The first-order chi connectivity index (χ1) is 9.56. The minimum atomic E-state index is -0.241. The third-order valence-electron chi connectivity index (χ3n) is 3.81. The molecular weight excluding hydrogens is 273 g/mol. The number of halogens is 1. The van der Waals surface area contributed by atoms with Crippen molar-refractivity contribution in [3.63, 3.8) is 0 Å². The topological polar surface area (TPSA) is 27.3 Å². The number of nitrogens with zero attached hydrogens (tertiary/aromatic N) is 1. The van der Waals surface area contributed by atoms with Crippen LogP contribution in [0, 0.1) is 5.82 Å². The summed E-state index contributed by atoms with van der Waals surface area (Å²) in [5, 5.41) is 7.12. The normalized spacial score (nSPS) is 22.6. The van der Waals surface area contributed by atoms with Gasteiger partial charge in [0.25, 0.3) is 0 Å². The Labute approximate surface area is 125 Å². The number of nitrogens with one attached hydrogen (secondary N) is 2. The van der Waals surface area contributed by atoms with Crippen LogP contribution in [-0.2, 0) is 0 Å². The number of anilines is 1. The number of hydrogen-bond acceptors (Lipinski definition) is 2. The van der Waals surface area contributed by atoms with Gasteiger partial charge in [0, 0.05) is 17.8 Å². The zero-order valence-corrected chi connectivity index (χ0v) is 12.8. The van der Waals surface area contributed by atoms with Crippen LogP contribution in [0.25, 0.3) is 0 Å². The van der Waals surface area contributed by atoms with Gasteiger partial charge in [0.05, 0.1) is 0 Å². The lowest BCUT2D eigenvalue weighted by molar-refractivity contribution is 0.190. The molecule has 0 radical (unpaired) electrons. The second kappa shape index (κ2) is 6.99. The summed E-state index contributed by atoms with van der Waals surface area (Å²) in [4.78, 5) is 2.26. The number of rotatable bonds is 3. The summed E-state index contributed by atoms with van der Waals surface area (Å²) in [6, 6.07) is 7.11. The second-order valence-corrected chi connectivity index (χ2v) is 5.94. The van der Waals surface area contributed by atoms with Crippen molar-refractivity contribution in [1.29, 1.82) is 0 Å². The molecule has 0 heterocycles. The van der Waals surface area contributed by atoms with Crippen molar-refractivity contribution < 1.29 is 4.39 Å². The molecule has 1 aromatic rings. The minimum absolute atomic E-state index is 0.241. The highest BCUT2D eigenvalue weighted by Crippen LogP contribution is 2.21. The lowest BCUT2D eigenvalue weighted by atomic mass is 9.90. The molecule has 1 aromatic carbocycles. The van der Waals surface area contributed by atoms with Crippen molar-refractivity contribution in [3.8, 4) is 0 Å². The Hall–Kier alpha value is -1.20. The van der Waals surface area contributed by atoms with Crippen LogP contribution in [0.1, 0.15) is 25.7 Å². The first-order valence-electron chi connectivity index (χ1n) is 7.06. The molecule has 1 fully saturated rings. The Bertz CT molecular complexity index is 447. The molecule has 2 rings (SSSR count). The molecule has 110 valence electrons. The highest BCUT2D eigenvalue weighted by atomic mass is 32.1. The third-order valence-corrected chi connectivity index (χ3v) is 4.03. The summed E-state index contributed by atoms with van der Waals surface area (Å²) in [5.41, 5.74) is 0.807. The summed E-state index contributed by atoms with van der Waals surface area (Å²) >= 11 is 5.35. The van der Waals surface area contributed by atoms with Crippen LogP contribution in [0.5, 0.6) is 0 Å². The van der Waals surface area contributed by atoms with E-state index in [0.717, 1.165) is 12.1 Å². The van der Waals surface area contributed by atoms with E-state index < -0.39 is 0 Å². The maximum absolute atomic E-state index is 12.9. The largest absolute Gasteiger partial charge is 0.358 e. The van der Waals surface area contributed by atoms with E-state index >= 15 is 0 Å².